The van der Waals surface area contributed by atoms with Gasteiger partial charge in [-0.1, -0.05) is 43.2 Å². The third-order valence-corrected chi connectivity index (χ3v) is 6.35. The van der Waals surface area contributed by atoms with Gasteiger partial charge in [-0.25, -0.2) is 14.4 Å². The number of hydrogen-bond acceptors (Lipinski definition) is 4. The molecule has 2 aromatic carbocycles. The van der Waals surface area contributed by atoms with Gasteiger partial charge < -0.3 is 15.0 Å². The van der Waals surface area contributed by atoms with Gasteiger partial charge in [0.2, 0.25) is 0 Å². The minimum atomic E-state index is -0.561. The molecule has 0 radical (unpaired) electrons. The molecule has 7 heteroatoms. The van der Waals surface area contributed by atoms with E-state index >= 15 is 0 Å². The van der Waals surface area contributed by atoms with Gasteiger partial charge in [-0.3, -0.25) is 4.79 Å². The molecule has 2 atom stereocenters. The van der Waals surface area contributed by atoms with Gasteiger partial charge in [-0.05, 0) is 36.1 Å². The lowest BCUT2D eigenvalue weighted by Gasteiger charge is -2.28. The smallest absolute Gasteiger partial charge is 0.253 e. The SMILES string of the molecule is O=C(N[C@H]1CCCC[C@@H]1O)c1cn(Cc2ccc(-c3cncnc3)cc2)c2cccc(F)c12. The van der Waals surface area contributed by atoms with Gasteiger partial charge in [0.25, 0.3) is 5.91 Å². The topological polar surface area (TPSA) is 80.0 Å². The van der Waals surface area contributed by atoms with Crippen LogP contribution >= 0.6 is 0 Å². The molecule has 1 aliphatic carbocycles. The Kier molecular flexibility index (Phi) is 5.88. The first-order valence-electron chi connectivity index (χ1n) is 11.2. The van der Waals surface area contributed by atoms with Crippen molar-refractivity contribution in [2.45, 2.75) is 44.4 Å². The highest BCUT2D eigenvalue weighted by molar-refractivity contribution is 6.07. The van der Waals surface area contributed by atoms with Crippen LogP contribution in [0.2, 0.25) is 0 Å². The maximum absolute atomic E-state index is 14.8. The summed E-state index contributed by atoms with van der Waals surface area (Å²) in [5.41, 5.74) is 3.91. The zero-order chi connectivity index (χ0) is 22.8. The number of rotatable bonds is 5. The van der Waals surface area contributed by atoms with E-state index in [-0.39, 0.29) is 11.9 Å². The molecule has 1 fully saturated rings. The number of nitrogens with one attached hydrogen (secondary N) is 1. The number of aromatic nitrogens is 3. The Bertz CT molecular complexity index is 1270. The number of halogens is 1. The molecule has 1 aliphatic rings. The second kappa shape index (κ2) is 9.11. The molecule has 6 nitrogen and oxygen atoms in total. The van der Waals surface area contributed by atoms with E-state index in [1.165, 1.54) is 12.4 Å². The molecule has 2 N–H and O–H groups in total. The lowest BCUT2D eigenvalue weighted by Crippen LogP contribution is -2.45. The second-order valence-electron chi connectivity index (χ2n) is 8.56. The molecule has 0 unspecified atom stereocenters. The van der Waals surface area contributed by atoms with Crippen molar-refractivity contribution >= 4 is 16.8 Å². The first kappa shape index (κ1) is 21.3. The van der Waals surface area contributed by atoms with E-state index in [2.05, 4.69) is 15.3 Å². The molecule has 0 spiro atoms. The lowest BCUT2D eigenvalue weighted by molar-refractivity contribution is 0.0718. The highest BCUT2D eigenvalue weighted by Gasteiger charge is 2.27. The van der Waals surface area contributed by atoms with Crippen molar-refractivity contribution in [2.24, 2.45) is 0 Å². The van der Waals surface area contributed by atoms with Crippen LogP contribution < -0.4 is 5.32 Å². The van der Waals surface area contributed by atoms with Crippen LogP contribution in [0.5, 0.6) is 0 Å². The van der Waals surface area contributed by atoms with Gasteiger partial charge in [0, 0.05) is 36.1 Å². The zero-order valence-corrected chi connectivity index (χ0v) is 18.1. The van der Waals surface area contributed by atoms with Crippen LogP contribution in [0.4, 0.5) is 4.39 Å². The van der Waals surface area contributed by atoms with Gasteiger partial charge in [-0.15, -0.1) is 0 Å². The number of carbonyl (C=O) groups is 1. The Morgan fingerprint density at radius 2 is 1.82 bits per heavy atom. The normalized spacial score (nSPS) is 18.4. The monoisotopic (exact) mass is 444 g/mol. The lowest BCUT2D eigenvalue weighted by atomic mass is 9.92. The number of amides is 1. The van der Waals surface area contributed by atoms with Crippen LogP contribution in [0.3, 0.4) is 0 Å². The number of carbonyl (C=O) groups excluding carboxylic acids is 1. The van der Waals surface area contributed by atoms with Crippen molar-refractivity contribution in [3.8, 4) is 11.1 Å². The van der Waals surface area contributed by atoms with Gasteiger partial charge in [-0.2, -0.15) is 0 Å². The molecule has 2 heterocycles. The van der Waals surface area contributed by atoms with Crippen LogP contribution in [0.1, 0.15) is 41.6 Å². The number of fused-ring (bicyclic) bond motifs is 1. The quantitative estimate of drug-likeness (QED) is 0.481. The molecule has 0 saturated heterocycles. The van der Waals surface area contributed by atoms with E-state index in [4.69, 9.17) is 0 Å². The van der Waals surface area contributed by atoms with Crippen molar-refractivity contribution in [1.82, 2.24) is 19.9 Å². The third-order valence-electron chi connectivity index (χ3n) is 6.35. The number of aliphatic hydroxyl groups is 1. The van der Waals surface area contributed by atoms with Crippen molar-refractivity contribution in [3.05, 3.63) is 84.3 Å². The molecule has 33 heavy (non-hydrogen) atoms. The predicted octanol–water partition coefficient (Wildman–Crippen LogP) is 4.32. The molecule has 0 bridgehead atoms. The Hall–Kier alpha value is -3.58. The maximum Gasteiger partial charge on any atom is 0.253 e. The van der Waals surface area contributed by atoms with Gasteiger partial charge in [0.05, 0.1) is 23.2 Å². The molecular weight excluding hydrogens is 419 g/mol. The average Bonchev–Trinajstić information content (AvgIpc) is 3.21. The van der Waals surface area contributed by atoms with E-state index < -0.39 is 11.9 Å². The summed E-state index contributed by atoms with van der Waals surface area (Å²) in [7, 11) is 0. The summed E-state index contributed by atoms with van der Waals surface area (Å²) in [4.78, 5) is 21.2. The predicted molar refractivity (Wildman–Crippen MR) is 124 cm³/mol. The molecule has 1 amide bonds. The summed E-state index contributed by atoms with van der Waals surface area (Å²) in [6, 6.07) is 12.6. The molecule has 0 aliphatic heterocycles. The molecule has 5 rings (SSSR count). The minimum absolute atomic E-state index is 0.291. The fourth-order valence-corrected chi connectivity index (χ4v) is 4.58. The Balaban J connectivity index is 1.43. The first-order chi connectivity index (χ1) is 16.1. The molecule has 4 aromatic rings. The summed E-state index contributed by atoms with van der Waals surface area (Å²) in [5.74, 6) is -0.783. The standard InChI is InChI=1S/C26H25FN4O2/c27-21-4-3-6-23-25(21)20(26(33)30-22-5-1-2-7-24(22)32)15-31(23)14-17-8-10-18(11-9-17)19-12-28-16-29-13-19/h3-4,6,8-13,15-16,22,24,32H,1-2,5,7,14H2,(H,30,33)/t22-,24-/m0/s1. The van der Waals surface area contributed by atoms with E-state index in [1.807, 2.05) is 34.9 Å². The molecule has 1 saturated carbocycles. The van der Waals surface area contributed by atoms with Crippen LogP contribution in [0.15, 0.2) is 67.4 Å². The number of hydrogen-bond donors (Lipinski definition) is 2. The van der Waals surface area contributed by atoms with Crippen molar-refractivity contribution in [1.29, 1.82) is 0 Å². The van der Waals surface area contributed by atoms with Crippen molar-refractivity contribution in [2.75, 3.05) is 0 Å². The van der Waals surface area contributed by atoms with E-state index in [9.17, 15) is 14.3 Å². The van der Waals surface area contributed by atoms with Crippen LogP contribution in [0, 0.1) is 5.82 Å². The van der Waals surface area contributed by atoms with E-state index in [1.54, 1.807) is 24.7 Å². The maximum atomic E-state index is 14.8. The Labute approximate surface area is 191 Å². The van der Waals surface area contributed by atoms with Crippen LogP contribution in [-0.4, -0.2) is 37.7 Å². The fourth-order valence-electron chi connectivity index (χ4n) is 4.58. The van der Waals surface area contributed by atoms with Crippen LogP contribution in [-0.2, 0) is 6.54 Å². The zero-order valence-electron chi connectivity index (χ0n) is 18.1. The van der Waals surface area contributed by atoms with Gasteiger partial charge in [0.1, 0.15) is 12.1 Å². The summed E-state index contributed by atoms with van der Waals surface area (Å²) in [6.45, 7) is 0.491. The molecule has 168 valence electrons. The highest BCUT2D eigenvalue weighted by Crippen LogP contribution is 2.27. The number of aliphatic hydroxyl groups excluding tert-OH is 1. The van der Waals surface area contributed by atoms with Gasteiger partial charge in [0.15, 0.2) is 0 Å². The average molecular weight is 445 g/mol. The van der Waals surface area contributed by atoms with E-state index in [0.29, 0.717) is 29.4 Å². The summed E-state index contributed by atoms with van der Waals surface area (Å²) in [6.07, 6.45) is 9.49. The number of benzene rings is 2. The Morgan fingerprint density at radius 3 is 2.58 bits per heavy atom. The fraction of sp³-hybridized carbons (Fsp3) is 0.269. The molecule has 2 aromatic heterocycles. The number of nitrogens with zero attached hydrogens (tertiary/aromatic N) is 3. The first-order valence-corrected chi connectivity index (χ1v) is 11.2. The van der Waals surface area contributed by atoms with Gasteiger partial charge >= 0.3 is 0 Å². The summed E-state index contributed by atoms with van der Waals surface area (Å²) >= 11 is 0. The third kappa shape index (κ3) is 4.36. The van der Waals surface area contributed by atoms with Crippen LogP contribution in [0.25, 0.3) is 22.0 Å². The minimum Gasteiger partial charge on any atom is -0.391 e. The Morgan fingerprint density at radius 1 is 1.06 bits per heavy atom. The summed E-state index contributed by atoms with van der Waals surface area (Å²) in [5, 5.41) is 13.5. The highest BCUT2D eigenvalue weighted by atomic mass is 19.1. The van der Waals surface area contributed by atoms with Crippen molar-refractivity contribution in [3.63, 3.8) is 0 Å². The largest absolute Gasteiger partial charge is 0.391 e. The molecular formula is C26H25FN4O2. The van der Waals surface area contributed by atoms with Crippen molar-refractivity contribution < 1.29 is 14.3 Å². The van der Waals surface area contributed by atoms with E-state index in [0.717, 1.165) is 36.0 Å². The summed E-state index contributed by atoms with van der Waals surface area (Å²) < 4.78 is 16.7. The second-order valence-corrected chi connectivity index (χ2v) is 8.56.